The van der Waals surface area contributed by atoms with Crippen LogP contribution in [0.25, 0.3) is 0 Å². The summed E-state index contributed by atoms with van der Waals surface area (Å²) >= 11 is 0. The molecule has 78 valence electrons. The molecule has 1 aliphatic heterocycles. The number of fused-ring (bicyclic) bond motifs is 1. The van der Waals surface area contributed by atoms with Crippen LogP contribution in [0.3, 0.4) is 0 Å². The fraction of sp³-hybridized carbons (Fsp3) is 0.273. The first-order valence-electron chi connectivity index (χ1n) is 4.75. The van der Waals surface area contributed by atoms with Gasteiger partial charge < -0.3 is 10.1 Å². The lowest BCUT2D eigenvalue weighted by atomic mass is 10.1. The monoisotopic (exact) mass is 205 g/mol. The molecule has 0 saturated heterocycles. The molecule has 0 bridgehead atoms. The summed E-state index contributed by atoms with van der Waals surface area (Å²) in [5.41, 5.74) is 1.08. The normalized spacial score (nSPS) is 14.6. The fourth-order valence-electron chi connectivity index (χ4n) is 1.53. The van der Waals surface area contributed by atoms with E-state index in [9.17, 15) is 9.59 Å². The molecule has 1 amide bonds. The summed E-state index contributed by atoms with van der Waals surface area (Å²) in [6.07, 6.45) is 0.312. The number of carbonyl (C=O) groups excluding carboxylic acids is 2. The summed E-state index contributed by atoms with van der Waals surface area (Å²) in [5, 5.41) is 2.70. The highest BCUT2D eigenvalue weighted by Crippen LogP contribution is 2.31. The van der Waals surface area contributed by atoms with E-state index in [1.54, 1.807) is 18.2 Å². The zero-order valence-corrected chi connectivity index (χ0v) is 8.37. The number of ketones is 1. The van der Waals surface area contributed by atoms with Crippen LogP contribution in [0.4, 0.5) is 5.69 Å². The average Bonchev–Trinajstić information content (AvgIpc) is 2.37. The SMILES string of the molecule is CC(=O)c1cccc2c1OCCC(=O)N2. The number of carbonyl (C=O) groups is 2. The number of ether oxygens (including phenoxy) is 1. The van der Waals surface area contributed by atoms with Crippen LogP contribution in [0, 0.1) is 0 Å². The van der Waals surface area contributed by atoms with Crippen LogP contribution in [-0.2, 0) is 4.79 Å². The van der Waals surface area contributed by atoms with Gasteiger partial charge in [-0.05, 0) is 19.1 Å². The molecule has 0 unspecified atom stereocenters. The summed E-state index contributed by atoms with van der Waals surface area (Å²) in [7, 11) is 0. The van der Waals surface area contributed by atoms with Gasteiger partial charge in [-0.3, -0.25) is 9.59 Å². The predicted octanol–water partition coefficient (Wildman–Crippen LogP) is 1.61. The Morgan fingerprint density at radius 1 is 1.47 bits per heavy atom. The van der Waals surface area contributed by atoms with Crippen LogP contribution >= 0.6 is 0 Å². The Morgan fingerprint density at radius 3 is 3.00 bits per heavy atom. The molecule has 1 aliphatic rings. The topological polar surface area (TPSA) is 55.4 Å². The average molecular weight is 205 g/mol. The van der Waals surface area contributed by atoms with Crippen molar-refractivity contribution < 1.29 is 14.3 Å². The maximum atomic E-state index is 11.3. The van der Waals surface area contributed by atoms with Gasteiger partial charge >= 0.3 is 0 Å². The van der Waals surface area contributed by atoms with Gasteiger partial charge in [0.25, 0.3) is 0 Å². The van der Waals surface area contributed by atoms with E-state index in [-0.39, 0.29) is 11.7 Å². The quantitative estimate of drug-likeness (QED) is 0.708. The van der Waals surface area contributed by atoms with Gasteiger partial charge in [0.2, 0.25) is 5.91 Å². The molecule has 0 aliphatic carbocycles. The summed E-state index contributed by atoms with van der Waals surface area (Å²) < 4.78 is 5.41. The van der Waals surface area contributed by atoms with Crippen LogP contribution in [0.15, 0.2) is 18.2 Å². The third-order valence-corrected chi connectivity index (χ3v) is 2.24. The number of anilines is 1. The van der Waals surface area contributed by atoms with Gasteiger partial charge in [-0.15, -0.1) is 0 Å². The van der Waals surface area contributed by atoms with Crippen LogP contribution in [-0.4, -0.2) is 18.3 Å². The molecule has 2 rings (SSSR count). The van der Waals surface area contributed by atoms with Crippen LogP contribution in [0.5, 0.6) is 5.75 Å². The van der Waals surface area contributed by atoms with E-state index < -0.39 is 0 Å². The van der Waals surface area contributed by atoms with Gasteiger partial charge in [-0.1, -0.05) is 6.07 Å². The first-order valence-corrected chi connectivity index (χ1v) is 4.75. The molecule has 1 heterocycles. The van der Waals surface area contributed by atoms with Crippen molar-refractivity contribution >= 4 is 17.4 Å². The molecule has 0 fully saturated rings. The molecule has 15 heavy (non-hydrogen) atoms. The Balaban J connectivity index is 2.50. The summed E-state index contributed by atoms with van der Waals surface area (Å²) in [4.78, 5) is 22.6. The minimum atomic E-state index is -0.0885. The Labute approximate surface area is 87.2 Å². The second kappa shape index (κ2) is 3.73. The highest BCUT2D eigenvalue weighted by Gasteiger charge is 2.18. The van der Waals surface area contributed by atoms with E-state index in [2.05, 4.69) is 5.32 Å². The molecule has 4 nitrogen and oxygen atoms in total. The molecule has 1 aromatic rings. The molecule has 0 atom stereocenters. The van der Waals surface area contributed by atoms with Gasteiger partial charge in [0.1, 0.15) is 0 Å². The molecule has 0 radical (unpaired) electrons. The maximum Gasteiger partial charge on any atom is 0.227 e. The predicted molar refractivity (Wildman–Crippen MR) is 55.2 cm³/mol. The lowest BCUT2D eigenvalue weighted by molar-refractivity contribution is -0.116. The summed E-state index contributed by atoms with van der Waals surface area (Å²) in [6.45, 7) is 1.79. The van der Waals surface area contributed by atoms with E-state index in [1.165, 1.54) is 6.92 Å². The van der Waals surface area contributed by atoms with Crippen molar-refractivity contribution in [2.75, 3.05) is 11.9 Å². The first-order chi connectivity index (χ1) is 7.18. The number of benzene rings is 1. The lowest BCUT2D eigenvalue weighted by Crippen LogP contribution is -2.10. The van der Waals surface area contributed by atoms with E-state index in [1.807, 2.05) is 0 Å². The van der Waals surface area contributed by atoms with Crippen molar-refractivity contribution in [1.29, 1.82) is 0 Å². The number of Topliss-reactive ketones (excluding diaryl/α,β-unsaturated/α-hetero) is 1. The summed E-state index contributed by atoms with van der Waals surface area (Å²) in [6, 6.07) is 5.15. The molecule has 0 spiro atoms. The minimum Gasteiger partial charge on any atom is -0.490 e. The van der Waals surface area contributed by atoms with Gasteiger partial charge in [0.15, 0.2) is 11.5 Å². The second-order valence-corrected chi connectivity index (χ2v) is 3.39. The number of rotatable bonds is 1. The minimum absolute atomic E-state index is 0.0667. The molecule has 0 aromatic heterocycles. The second-order valence-electron chi connectivity index (χ2n) is 3.39. The standard InChI is InChI=1S/C11H11NO3/c1-7(13)8-3-2-4-9-11(8)15-6-5-10(14)12-9/h2-4H,5-6H2,1H3,(H,12,14). The lowest BCUT2D eigenvalue weighted by Gasteiger charge is -2.10. The fourth-order valence-corrected chi connectivity index (χ4v) is 1.53. The van der Waals surface area contributed by atoms with Crippen LogP contribution in [0.1, 0.15) is 23.7 Å². The number of hydrogen-bond donors (Lipinski definition) is 1. The number of para-hydroxylation sites is 1. The highest BCUT2D eigenvalue weighted by molar-refractivity contribution is 6.01. The summed E-state index contributed by atoms with van der Waals surface area (Å²) in [5.74, 6) is 0.327. The van der Waals surface area contributed by atoms with E-state index >= 15 is 0 Å². The Kier molecular flexibility index (Phi) is 2.41. The first kappa shape index (κ1) is 9.71. The Bertz CT molecular complexity index is 426. The molecular formula is C11H11NO3. The van der Waals surface area contributed by atoms with Crippen molar-refractivity contribution in [3.05, 3.63) is 23.8 Å². The van der Waals surface area contributed by atoms with Crippen molar-refractivity contribution in [3.63, 3.8) is 0 Å². The zero-order chi connectivity index (χ0) is 10.8. The molecule has 4 heteroatoms. The zero-order valence-electron chi connectivity index (χ0n) is 8.37. The molecule has 0 saturated carbocycles. The van der Waals surface area contributed by atoms with E-state index in [4.69, 9.17) is 4.74 Å². The largest absolute Gasteiger partial charge is 0.490 e. The van der Waals surface area contributed by atoms with Crippen LogP contribution < -0.4 is 10.1 Å². The van der Waals surface area contributed by atoms with Gasteiger partial charge in [-0.25, -0.2) is 0 Å². The third-order valence-electron chi connectivity index (χ3n) is 2.24. The Morgan fingerprint density at radius 2 is 2.27 bits per heavy atom. The van der Waals surface area contributed by atoms with Gasteiger partial charge in [-0.2, -0.15) is 0 Å². The smallest absolute Gasteiger partial charge is 0.227 e. The van der Waals surface area contributed by atoms with Crippen molar-refractivity contribution in [1.82, 2.24) is 0 Å². The molecule has 1 aromatic carbocycles. The highest BCUT2D eigenvalue weighted by atomic mass is 16.5. The third kappa shape index (κ3) is 1.83. The Hall–Kier alpha value is -1.84. The van der Waals surface area contributed by atoms with E-state index in [0.29, 0.717) is 30.0 Å². The van der Waals surface area contributed by atoms with Crippen molar-refractivity contribution in [2.45, 2.75) is 13.3 Å². The molecule has 1 N–H and O–H groups in total. The van der Waals surface area contributed by atoms with Crippen molar-refractivity contribution in [3.8, 4) is 5.75 Å². The van der Waals surface area contributed by atoms with Crippen molar-refractivity contribution in [2.24, 2.45) is 0 Å². The number of nitrogens with one attached hydrogen (secondary N) is 1. The number of amides is 1. The van der Waals surface area contributed by atoms with Crippen LogP contribution in [0.2, 0.25) is 0 Å². The maximum absolute atomic E-state index is 11.3. The van der Waals surface area contributed by atoms with Gasteiger partial charge in [0.05, 0.1) is 24.3 Å². The number of hydrogen-bond acceptors (Lipinski definition) is 3. The van der Waals surface area contributed by atoms with E-state index in [0.717, 1.165) is 0 Å². The molecular weight excluding hydrogens is 194 g/mol. The van der Waals surface area contributed by atoms with Gasteiger partial charge in [0, 0.05) is 0 Å².